The fourth-order valence-electron chi connectivity index (χ4n) is 1.82. The SMILES string of the molecule is CCS(=O)(=O)c1ccc(NC(=O)c2ccc(C)cc2)cc1. The van der Waals surface area contributed by atoms with Crippen LogP contribution >= 0.6 is 0 Å². The number of sulfone groups is 1. The smallest absolute Gasteiger partial charge is 0.255 e. The summed E-state index contributed by atoms with van der Waals surface area (Å²) in [5, 5.41) is 2.74. The molecule has 0 saturated heterocycles. The minimum atomic E-state index is -3.21. The zero-order valence-corrected chi connectivity index (χ0v) is 12.8. The minimum Gasteiger partial charge on any atom is -0.322 e. The van der Waals surface area contributed by atoms with Gasteiger partial charge in [-0.05, 0) is 43.3 Å². The van der Waals surface area contributed by atoms with Crippen molar-refractivity contribution in [2.75, 3.05) is 11.1 Å². The highest BCUT2D eigenvalue weighted by molar-refractivity contribution is 7.91. The number of hydrogen-bond acceptors (Lipinski definition) is 3. The third-order valence-corrected chi connectivity index (χ3v) is 4.92. The molecular weight excluding hydrogens is 286 g/mol. The number of carbonyl (C=O) groups excluding carboxylic acids is 1. The average Bonchev–Trinajstić information content (AvgIpc) is 2.48. The maximum atomic E-state index is 12.0. The molecule has 0 spiro atoms. The molecule has 21 heavy (non-hydrogen) atoms. The van der Waals surface area contributed by atoms with Gasteiger partial charge in [-0.15, -0.1) is 0 Å². The van der Waals surface area contributed by atoms with Gasteiger partial charge in [0.05, 0.1) is 10.6 Å². The lowest BCUT2D eigenvalue weighted by atomic mass is 10.1. The Balaban J connectivity index is 2.13. The van der Waals surface area contributed by atoms with Gasteiger partial charge in [0.15, 0.2) is 9.84 Å². The first-order valence-electron chi connectivity index (χ1n) is 6.63. The van der Waals surface area contributed by atoms with Crippen molar-refractivity contribution in [3.8, 4) is 0 Å². The van der Waals surface area contributed by atoms with Crippen molar-refractivity contribution in [1.29, 1.82) is 0 Å². The molecule has 1 amide bonds. The van der Waals surface area contributed by atoms with Crippen LogP contribution in [0.25, 0.3) is 0 Å². The van der Waals surface area contributed by atoms with E-state index >= 15 is 0 Å². The first kappa shape index (κ1) is 15.3. The lowest BCUT2D eigenvalue weighted by Gasteiger charge is -2.07. The molecule has 0 radical (unpaired) electrons. The van der Waals surface area contributed by atoms with E-state index in [9.17, 15) is 13.2 Å². The van der Waals surface area contributed by atoms with E-state index < -0.39 is 9.84 Å². The summed E-state index contributed by atoms with van der Waals surface area (Å²) in [4.78, 5) is 12.3. The van der Waals surface area contributed by atoms with Crippen LogP contribution in [-0.2, 0) is 9.84 Å². The van der Waals surface area contributed by atoms with Crippen molar-refractivity contribution in [1.82, 2.24) is 0 Å². The van der Waals surface area contributed by atoms with Crippen LogP contribution in [0.5, 0.6) is 0 Å². The first-order chi connectivity index (χ1) is 9.92. The van der Waals surface area contributed by atoms with Crippen LogP contribution in [0.15, 0.2) is 53.4 Å². The second kappa shape index (κ2) is 6.10. The van der Waals surface area contributed by atoms with E-state index in [4.69, 9.17) is 0 Å². The highest BCUT2D eigenvalue weighted by Crippen LogP contribution is 2.16. The molecule has 0 heterocycles. The Morgan fingerprint density at radius 1 is 1.00 bits per heavy atom. The van der Waals surface area contributed by atoms with Gasteiger partial charge >= 0.3 is 0 Å². The van der Waals surface area contributed by atoms with E-state index in [1.54, 1.807) is 31.2 Å². The van der Waals surface area contributed by atoms with Crippen molar-refractivity contribution in [2.24, 2.45) is 0 Å². The molecule has 2 aromatic carbocycles. The normalized spacial score (nSPS) is 11.1. The molecule has 0 aromatic heterocycles. The summed E-state index contributed by atoms with van der Waals surface area (Å²) in [6, 6.07) is 13.4. The van der Waals surface area contributed by atoms with Crippen LogP contribution in [-0.4, -0.2) is 20.1 Å². The van der Waals surface area contributed by atoms with Gasteiger partial charge in [0.25, 0.3) is 5.91 Å². The summed E-state index contributed by atoms with van der Waals surface area (Å²) >= 11 is 0. The molecule has 110 valence electrons. The predicted molar refractivity (Wildman–Crippen MR) is 83.3 cm³/mol. The lowest BCUT2D eigenvalue weighted by Crippen LogP contribution is -2.12. The second-order valence-corrected chi connectivity index (χ2v) is 7.03. The maximum Gasteiger partial charge on any atom is 0.255 e. The standard InChI is InChI=1S/C16H17NO3S/c1-3-21(19,20)15-10-8-14(9-11-15)17-16(18)13-6-4-12(2)5-7-13/h4-11H,3H2,1-2H3,(H,17,18). The third-order valence-electron chi connectivity index (χ3n) is 3.17. The molecule has 1 N–H and O–H groups in total. The molecule has 5 heteroatoms. The van der Waals surface area contributed by atoms with Gasteiger partial charge in [-0.2, -0.15) is 0 Å². The fraction of sp³-hybridized carbons (Fsp3) is 0.188. The van der Waals surface area contributed by atoms with Gasteiger partial charge in [-0.1, -0.05) is 24.6 Å². The summed E-state index contributed by atoms with van der Waals surface area (Å²) in [6.45, 7) is 3.55. The molecule has 2 rings (SSSR count). The van der Waals surface area contributed by atoms with Crippen LogP contribution in [0.4, 0.5) is 5.69 Å². The number of nitrogens with one attached hydrogen (secondary N) is 1. The molecule has 0 aliphatic rings. The zero-order valence-electron chi connectivity index (χ0n) is 12.0. The minimum absolute atomic E-state index is 0.0576. The summed E-state index contributed by atoms with van der Waals surface area (Å²) in [7, 11) is -3.21. The van der Waals surface area contributed by atoms with Gasteiger partial charge in [-0.3, -0.25) is 4.79 Å². The molecule has 0 aliphatic heterocycles. The highest BCUT2D eigenvalue weighted by atomic mass is 32.2. The van der Waals surface area contributed by atoms with E-state index in [0.29, 0.717) is 11.3 Å². The summed E-state index contributed by atoms with van der Waals surface area (Å²) in [5.74, 6) is -0.164. The molecule has 0 atom stereocenters. The van der Waals surface area contributed by atoms with E-state index in [-0.39, 0.29) is 16.6 Å². The van der Waals surface area contributed by atoms with Crippen molar-refractivity contribution < 1.29 is 13.2 Å². The Hall–Kier alpha value is -2.14. The molecule has 0 aliphatic carbocycles. The number of aryl methyl sites for hydroxylation is 1. The van der Waals surface area contributed by atoms with E-state index in [2.05, 4.69) is 5.32 Å². The van der Waals surface area contributed by atoms with Crippen LogP contribution in [0.1, 0.15) is 22.8 Å². The van der Waals surface area contributed by atoms with Crippen molar-refractivity contribution >= 4 is 21.4 Å². The van der Waals surface area contributed by atoms with E-state index in [0.717, 1.165) is 5.56 Å². The molecule has 0 fully saturated rings. The van der Waals surface area contributed by atoms with Crippen molar-refractivity contribution in [3.63, 3.8) is 0 Å². The quantitative estimate of drug-likeness (QED) is 0.944. The van der Waals surface area contributed by atoms with Crippen LogP contribution in [0, 0.1) is 6.92 Å². The predicted octanol–water partition coefficient (Wildman–Crippen LogP) is 3.04. The Morgan fingerprint density at radius 2 is 1.57 bits per heavy atom. The topological polar surface area (TPSA) is 63.2 Å². The number of hydrogen-bond donors (Lipinski definition) is 1. The van der Waals surface area contributed by atoms with Crippen LogP contribution in [0.2, 0.25) is 0 Å². The molecule has 0 bridgehead atoms. The summed E-state index contributed by atoms with van der Waals surface area (Å²) in [6.07, 6.45) is 0. The summed E-state index contributed by atoms with van der Waals surface area (Å²) < 4.78 is 23.4. The largest absolute Gasteiger partial charge is 0.322 e. The van der Waals surface area contributed by atoms with Crippen molar-refractivity contribution in [2.45, 2.75) is 18.7 Å². The van der Waals surface area contributed by atoms with E-state index in [1.807, 2.05) is 19.1 Å². The lowest BCUT2D eigenvalue weighted by molar-refractivity contribution is 0.102. The monoisotopic (exact) mass is 303 g/mol. The Bertz CT molecular complexity index is 732. The number of carbonyl (C=O) groups is 1. The number of amides is 1. The molecule has 4 nitrogen and oxygen atoms in total. The molecule has 0 saturated carbocycles. The van der Waals surface area contributed by atoms with Gasteiger partial charge in [0.1, 0.15) is 0 Å². The number of rotatable bonds is 4. The molecular formula is C16H17NO3S. The zero-order chi connectivity index (χ0) is 15.5. The molecule has 0 unspecified atom stereocenters. The fourth-order valence-corrected chi connectivity index (χ4v) is 2.70. The van der Waals surface area contributed by atoms with Gasteiger partial charge in [0.2, 0.25) is 0 Å². The Labute approximate surface area is 124 Å². The van der Waals surface area contributed by atoms with Gasteiger partial charge < -0.3 is 5.32 Å². The Morgan fingerprint density at radius 3 is 2.10 bits per heavy atom. The van der Waals surface area contributed by atoms with Crippen molar-refractivity contribution in [3.05, 3.63) is 59.7 Å². The first-order valence-corrected chi connectivity index (χ1v) is 8.28. The summed E-state index contributed by atoms with van der Waals surface area (Å²) in [5.41, 5.74) is 2.21. The van der Waals surface area contributed by atoms with Gasteiger partial charge in [-0.25, -0.2) is 8.42 Å². The van der Waals surface area contributed by atoms with Gasteiger partial charge in [0, 0.05) is 11.3 Å². The second-order valence-electron chi connectivity index (χ2n) is 4.75. The maximum absolute atomic E-state index is 12.0. The molecule has 2 aromatic rings. The Kier molecular flexibility index (Phi) is 4.43. The number of benzene rings is 2. The van der Waals surface area contributed by atoms with Crippen LogP contribution in [0.3, 0.4) is 0 Å². The number of anilines is 1. The van der Waals surface area contributed by atoms with Crippen LogP contribution < -0.4 is 5.32 Å². The third kappa shape index (κ3) is 3.70. The average molecular weight is 303 g/mol. The highest BCUT2D eigenvalue weighted by Gasteiger charge is 2.11. The van der Waals surface area contributed by atoms with E-state index in [1.165, 1.54) is 12.1 Å².